The normalized spacial score (nSPS) is 54.3. The van der Waals surface area contributed by atoms with E-state index in [1.165, 1.54) is 5.92 Å². The van der Waals surface area contributed by atoms with E-state index in [2.05, 4.69) is 6.92 Å². The Morgan fingerprint density at radius 1 is 1.18 bits per heavy atom. The zero-order valence-corrected chi connectivity index (χ0v) is 7.47. The van der Waals surface area contributed by atoms with Gasteiger partial charge in [0.2, 0.25) is 0 Å². The smallest absolute Gasteiger partial charge is 0.0292 e. The fourth-order valence-electron chi connectivity index (χ4n) is 3.27. The highest BCUT2D eigenvalue weighted by atomic mass is 14.6. The molecule has 62 valence electrons. The zero-order chi connectivity index (χ0) is 7.47. The first-order chi connectivity index (χ1) is 5.26. The van der Waals surface area contributed by atoms with E-state index < -0.39 is 0 Å². The highest BCUT2D eigenvalue weighted by Crippen LogP contribution is 2.66. The number of fused-ring (bicyclic) bond motifs is 1. The molecule has 0 N–H and O–H groups in total. The minimum absolute atomic E-state index is 0.847. The van der Waals surface area contributed by atoms with Gasteiger partial charge >= 0.3 is 0 Å². The monoisotopic (exact) mass is 150 g/mol. The molecule has 3 unspecified atom stereocenters. The van der Waals surface area contributed by atoms with Gasteiger partial charge in [-0.3, -0.25) is 0 Å². The molecule has 11 heavy (non-hydrogen) atoms. The van der Waals surface area contributed by atoms with Crippen LogP contribution < -0.4 is 0 Å². The van der Waals surface area contributed by atoms with E-state index in [1.807, 2.05) is 0 Å². The van der Waals surface area contributed by atoms with Crippen molar-refractivity contribution in [2.75, 3.05) is 0 Å². The Morgan fingerprint density at radius 2 is 2.00 bits per heavy atom. The van der Waals surface area contributed by atoms with E-state index in [1.54, 1.807) is 38.5 Å². The second-order valence-electron chi connectivity index (χ2n) is 5.54. The third-order valence-corrected chi connectivity index (χ3v) is 4.27. The van der Waals surface area contributed by atoms with Gasteiger partial charge < -0.3 is 0 Å². The van der Waals surface area contributed by atoms with Crippen molar-refractivity contribution in [2.24, 2.45) is 23.2 Å². The van der Waals surface area contributed by atoms with Crippen LogP contribution in [-0.4, -0.2) is 0 Å². The van der Waals surface area contributed by atoms with E-state index in [-0.39, 0.29) is 0 Å². The van der Waals surface area contributed by atoms with Crippen LogP contribution in [0.4, 0.5) is 0 Å². The fraction of sp³-hybridized carbons (Fsp3) is 1.00. The molecule has 0 aromatic heterocycles. The third kappa shape index (κ3) is 1.02. The lowest BCUT2D eigenvalue weighted by atomic mass is 9.94. The average Bonchev–Trinajstić information content (AvgIpc) is 2.77. The first-order valence-electron chi connectivity index (χ1n) is 5.26. The third-order valence-electron chi connectivity index (χ3n) is 4.27. The van der Waals surface area contributed by atoms with E-state index in [0.29, 0.717) is 0 Å². The van der Waals surface area contributed by atoms with Crippen LogP contribution in [0.3, 0.4) is 0 Å². The summed E-state index contributed by atoms with van der Waals surface area (Å²) in [5.41, 5.74) is 0.847. The van der Waals surface area contributed by atoms with Crippen LogP contribution >= 0.6 is 0 Å². The van der Waals surface area contributed by atoms with Crippen molar-refractivity contribution in [2.45, 2.75) is 45.4 Å². The molecule has 0 aromatic rings. The molecule has 3 rings (SSSR count). The molecule has 3 atom stereocenters. The summed E-state index contributed by atoms with van der Waals surface area (Å²) < 4.78 is 0. The van der Waals surface area contributed by atoms with Gasteiger partial charge in [-0.1, -0.05) is 19.8 Å². The molecule has 3 aliphatic carbocycles. The Labute approximate surface area is 69.4 Å². The summed E-state index contributed by atoms with van der Waals surface area (Å²) >= 11 is 0. The maximum atomic E-state index is 2.50. The maximum Gasteiger partial charge on any atom is -0.0292 e. The van der Waals surface area contributed by atoms with Crippen LogP contribution in [0.5, 0.6) is 0 Å². The largest absolute Gasteiger partial charge is 0.0594 e. The van der Waals surface area contributed by atoms with E-state index >= 15 is 0 Å². The molecule has 0 saturated heterocycles. The van der Waals surface area contributed by atoms with Gasteiger partial charge in [0, 0.05) is 0 Å². The zero-order valence-electron chi connectivity index (χ0n) is 7.47. The van der Waals surface area contributed by atoms with Gasteiger partial charge in [-0.05, 0) is 48.9 Å². The molecule has 0 nitrogen and oxygen atoms in total. The van der Waals surface area contributed by atoms with E-state index in [0.717, 1.165) is 17.3 Å². The molecular weight excluding hydrogens is 132 g/mol. The van der Waals surface area contributed by atoms with Crippen LogP contribution in [-0.2, 0) is 0 Å². The Bertz CT molecular complexity index is 178. The topological polar surface area (TPSA) is 0 Å². The Balaban J connectivity index is 1.58. The Kier molecular flexibility index (Phi) is 1.09. The van der Waals surface area contributed by atoms with Gasteiger partial charge in [0.15, 0.2) is 0 Å². The van der Waals surface area contributed by atoms with Crippen molar-refractivity contribution in [3.63, 3.8) is 0 Å². The lowest BCUT2D eigenvalue weighted by Crippen LogP contribution is -2.00. The van der Waals surface area contributed by atoms with Crippen molar-refractivity contribution < 1.29 is 0 Å². The second-order valence-corrected chi connectivity index (χ2v) is 5.54. The predicted molar refractivity (Wildman–Crippen MR) is 46.3 cm³/mol. The molecule has 0 spiro atoms. The summed E-state index contributed by atoms with van der Waals surface area (Å²) in [4.78, 5) is 0. The molecule has 0 aliphatic heterocycles. The van der Waals surface area contributed by atoms with Gasteiger partial charge in [0.25, 0.3) is 0 Å². The van der Waals surface area contributed by atoms with Crippen molar-refractivity contribution in [3.05, 3.63) is 0 Å². The van der Waals surface area contributed by atoms with Crippen LogP contribution in [0.25, 0.3) is 0 Å². The van der Waals surface area contributed by atoms with Crippen LogP contribution in [0.1, 0.15) is 45.4 Å². The summed E-state index contributed by atoms with van der Waals surface area (Å²) in [6, 6.07) is 0. The summed E-state index contributed by atoms with van der Waals surface area (Å²) in [5, 5.41) is 0. The van der Waals surface area contributed by atoms with Crippen molar-refractivity contribution in [1.29, 1.82) is 0 Å². The minimum atomic E-state index is 0.847. The lowest BCUT2D eigenvalue weighted by Gasteiger charge is -2.12. The van der Waals surface area contributed by atoms with Crippen LogP contribution in [0.2, 0.25) is 0 Å². The van der Waals surface area contributed by atoms with Gasteiger partial charge in [-0.2, -0.15) is 0 Å². The number of hydrogen-bond donors (Lipinski definition) is 0. The molecule has 3 saturated carbocycles. The van der Waals surface area contributed by atoms with Gasteiger partial charge in [-0.15, -0.1) is 0 Å². The summed E-state index contributed by atoms with van der Waals surface area (Å²) in [6.07, 6.45) is 9.43. The second kappa shape index (κ2) is 1.84. The molecule has 0 heterocycles. The molecule has 0 radical (unpaired) electrons. The molecule has 0 aromatic carbocycles. The fourth-order valence-corrected chi connectivity index (χ4v) is 3.27. The Hall–Kier alpha value is 0. The predicted octanol–water partition coefficient (Wildman–Crippen LogP) is 3.22. The molecule has 3 aliphatic rings. The Morgan fingerprint density at radius 3 is 2.55 bits per heavy atom. The highest BCUT2D eigenvalue weighted by Gasteiger charge is 2.56. The maximum absolute atomic E-state index is 2.50. The highest BCUT2D eigenvalue weighted by molar-refractivity contribution is 5.06. The lowest BCUT2D eigenvalue weighted by molar-refractivity contribution is 0.395. The first kappa shape index (κ1) is 6.51. The number of rotatable bonds is 2. The summed E-state index contributed by atoms with van der Waals surface area (Å²) in [5.74, 6) is 3.47. The van der Waals surface area contributed by atoms with E-state index in [4.69, 9.17) is 0 Å². The van der Waals surface area contributed by atoms with Crippen molar-refractivity contribution in [3.8, 4) is 0 Å². The van der Waals surface area contributed by atoms with Crippen molar-refractivity contribution >= 4 is 0 Å². The van der Waals surface area contributed by atoms with Crippen molar-refractivity contribution in [1.82, 2.24) is 0 Å². The molecular formula is C11H18. The molecule has 0 heteroatoms. The number of hydrogen-bond acceptors (Lipinski definition) is 0. The van der Waals surface area contributed by atoms with E-state index in [9.17, 15) is 0 Å². The SMILES string of the molecule is CC12CC(CC3CC3)CC1C2. The summed E-state index contributed by atoms with van der Waals surface area (Å²) in [6.45, 7) is 2.50. The first-order valence-corrected chi connectivity index (χ1v) is 5.26. The quantitative estimate of drug-likeness (QED) is 0.567. The van der Waals surface area contributed by atoms with Gasteiger partial charge in [-0.25, -0.2) is 0 Å². The minimum Gasteiger partial charge on any atom is -0.0594 e. The summed E-state index contributed by atoms with van der Waals surface area (Å²) in [7, 11) is 0. The molecule has 0 bridgehead atoms. The molecule has 3 fully saturated rings. The van der Waals surface area contributed by atoms with Crippen LogP contribution in [0, 0.1) is 23.2 Å². The van der Waals surface area contributed by atoms with Gasteiger partial charge in [0.05, 0.1) is 0 Å². The molecule has 0 amide bonds. The van der Waals surface area contributed by atoms with Gasteiger partial charge in [0.1, 0.15) is 0 Å². The standard InChI is InChI=1S/C11H18/c1-11-6-9(4-8-2-3-8)5-10(11)7-11/h8-10H,2-7H2,1H3. The average molecular weight is 150 g/mol. The van der Waals surface area contributed by atoms with Crippen LogP contribution in [0.15, 0.2) is 0 Å².